The summed E-state index contributed by atoms with van der Waals surface area (Å²) in [7, 11) is 0. The van der Waals surface area contributed by atoms with Gasteiger partial charge in [0.1, 0.15) is 73.2 Å². The van der Waals surface area contributed by atoms with Crippen LogP contribution < -0.4 is 0 Å². The molecule has 15 heteroatoms. The zero-order valence-electron chi connectivity index (χ0n) is 18.3. The molecule has 0 spiro atoms. The van der Waals surface area contributed by atoms with E-state index in [1.165, 1.54) is 6.92 Å². The molecular weight excluding hydrogens is 468 g/mol. The first-order valence-corrected chi connectivity index (χ1v) is 10.9. The normalized spacial score (nSPS) is 52.5. The maximum absolute atomic E-state index is 10.4. The second-order valence-corrected chi connectivity index (χ2v) is 8.69. The third kappa shape index (κ3) is 5.54. The second kappa shape index (κ2) is 11.6. The lowest BCUT2D eigenvalue weighted by Crippen LogP contribution is -2.64. The number of ether oxygens (including phenoxy) is 5. The topological polar surface area (TPSA) is 248 Å². The molecule has 15 nitrogen and oxygen atoms in total. The van der Waals surface area contributed by atoms with Crippen molar-refractivity contribution in [3.05, 3.63) is 0 Å². The minimum Gasteiger partial charge on any atom is -0.394 e. The van der Waals surface area contributed by atoms with E-state index in [9.17, 15) is 51.1 Å². The molecule has 34 heavy (non-hydrogen) atoms. The van der Waals surface area contributed by atoms with Gasteiger partial charge in [-0.15, -0.1) is 0 Å². The molecule has 3 saturated heterocycles. The third-order valence-corrected chi connectivity index (χ3v) is 6.34. The highest BCUT2D eigenvalue weighted by Gasteiger charge is 2.50. The summed E-state index contributed by atoms with van der Waals surface area (Å²) in [5.74, 6) is 0. The Kier molecular flexibility index (Phi) is 9.57. The Morgan fingerprint density at radius 3 is 1.68 bits per heavy atom. The second-order valence-electron chi connectivity index (χ2n) is 8.69. The molecular formula is C19H34O15. The Morgan fingerprint density at radius 1 is 0.559 bits per heavy atom. The zero-order valence-corrected chi connectivity index (χ0v) is 18.3. The van der Waals surface area contributed by atoms with Crippen molar-refractivity contribution in [2.24, 2.45) is 0 Å². The molecule has 0 aliphatic carbocycles. The van der Waals surface area contributed by atoms with Crippen molar-refractivity contribution in [2.45, 2.75) is 98.9 Å². The van der Waals surface area contributed by atoms with Crippen molar-refractivity contribution in [1.82, 2.24) is 0 Å². The number of aliphatic hydroxyl groups is 10. The van der Waals surface area contributed by atoms with Crippen LogP contribution in [-0.2, 0) is 23.7 Å². The minimum absolute atomic E-state index is 0.569. The van der Waals surface area contributed by atoms with Gasteiger partial charge >= 0.3 is 0 Å². The molecule has 0 aromatic rings. The summed E-state index contributed by atoms with van der Waals surface area (Å²) in [5, 5.41) is 99.8. The predicted molar refractivity (Wildman–Crippen MR) is 105 cm³/mol. The summed E-state index contributed by atoms with van der Waals surface area (Å²) in [6.45, 7) is -0.377. The van der Waals surface area contributed by atoms with Crippen LogP contribution in [0.4, 0.5) is 0 Å². The highest BCUT2D eigenvalue weighted by Crippen LogP contribution is 2.30. The van der Waals surface area contributed by atoms with Crippen LogP contribution in [-0.4, -0.2) is 163 Å². The van der Waals surface area contributed by atoms with E-state index >= 15 is 0 Å². The van der Waals surface area contributed by atoms with Crippen molar-refractivity contribution in [1.29, 1.82) is 0 Å². The SMILES string of the molecule is C[C@H]1OC(CO)[C@@H](O[C@H]2OC(CO[C@H]3OC(CO)[C@@H](O)[C@H](O)C3O)[C@@H](O)[C@H](O)C2O)[C@H](O)C1O. The fourth-order valence-corrected chi connectivity index (χ4v) is 4.16. The monoisotopic (exact) mass is 502 g/mol. The van der Waals surface area contributed by atoms with Crippen molar-refractivity contribution in [3.8, 4) is 0 Å². The van der Waals surface area contributed by atoms with E-state index in [4.69, 9.17) is 23.7 Å². The van der Waals surface area contributed by atoms with E-state index in [0.29, 0.717) is 0 Å². The maximum atomic E-state index is 10.4. The lowest BCUT2D eigenvalue weighted by Gasteiger charge is -2.46. The lowest BCUT2D eigenvalue weighted by molar-refractivity contribution is -0.352. The van der Waals surface area contributed by atoms with Crippen LogP contribution in [0.2, 0.25) is 0 Å². The van der Waals surface area contributed by atoms with Crippen LogP contribution in [0.25, 0.3) is 0 Å². The van der Waals surface area contributed by atoms with E-state index in [-0.39, 0.29) is 0 Å². The number of rotatable bonds is 7. The number of hydrogen-bond acceptors (Lipinski definition) is 15. The number of aliphatic hydroxyl groups excluding tert-OH is 10. The third-order valence-electron chi connectivity index (χ3n) is 6.34. The summed E-state index contributed by atoms with van der Waals surface area (Å²) in [6.07, 6.45) is -22.4. The van der Waals surface area contributed by atoms with Gasteiger partial charge in [-0.25, -0.2) is 0 Å². The molecule has 0 radical (unpaired) electrons. The van der Waals surface area contributed by atoms with Crippen LogP contribution in [0.5, 0.6) is 0 Å². The molecule has 10 N–H and O–H groups in total. The quantitative estimate of drug-likeness (QED) is 0.155. The Labute approximate surface area is 194 Å². The van der Waals surface area contributed by atoms with Crippen LogP contribution in [0.1, 0.15) is 6.92 Å². The standard InChI is InChI=1S/C19H34O15/c1-5-9(22)14(27)17(7(3-21)31-5)34-19-16(29)13(26)11(24)8(33-19)4-30-18-15(28)12(25)10(23)6(2-20)32-18/h5-29H,2-4H2,1H3/t5-,6?,7?,8?,9?,10-,11-,12+,13+,14-,15?,16?,17-,18+,19-/m1/s1. The van der Waals surface area contributed by atoms with E-state index in [0.717, 1.165) is 0 Å². The predicted octanol–water partition coefficient (Wildman–Crippen LogP) is -6.50. The molecule has 0 bridgehead atoms. The van der Waals surface area contributed by atoms with Gasteiger partial charge < -0.3 is 74.7 Å². The fraction of sp³-hybridized carbons (Fsp3) is 1.00. The van der Waals surface area contributed by atoms with Gasteiger partial charge in [-0.3, -0.25) is 0 Å². The first-order valence-electron chi connectivity index (χ1n) is 10.9. The summed E-state index contributed by atoms with van der Waals surface area (Å²) in [4.78, 5) is 0. The molecule has 0 aromatic heterocycles. The molecule has 6 unspecified atom stereocenters. The Balaban J connectivity index is 1.66. The first kappa shape index (κ1) is 28.0. The summed E-state index contributed by atoms with van der Waals surface area (Å²) in [6, 6.07) is 0. The smallest absolute Gasteiger partial charge is 0.187 e. The molecule has 0 aromatic carbocycles. The minimum atomic E-state index is -1.81. The van der Waals surface area contributed by atoms with E-state index in [1.807, 2.05) is 0 Å². The van der Waals surface area contributed by atoms with Crippen molar-refractivity contribution >= 4 is 0 Å². The molecule has 15 atom stereocenters. The average Bonchev–Trinajstić information content (AvgIpc) is 2.82. The van der Waals surface area contributed by atoms with Gasteiger partial charge in [-0.2, -0.15) is 0 Å². The number of hydrogen-bond donors (Lipinski definition) is 10. The van der Waals surface area contributed by atoms with Gasteiger partial charge in [0.2, 0.25) is 0 Å². The molecule has 0 amide bonds. The molecule has 3 rings (SSSR count). The Hall–Kier alpha value is -0.600. The van der Waals surface area contributed by atoms with Gasteiger partial charge in [-0.05, 0) is 6.92 Å². The zero-order chi connectivity index (χ0) is 25.3. The molecule has 3 aliphatic rings. The van der Waals surface area contributed by atoms with Gasteiger partial charge in [0.25, 0.3) is 0 Å². The summed E-state index contributed by atoms with van der Waals surface area (Å²) < 4.78 is 26.9. The maximum Gasteiger partial charge on any atom is 0.187 e. The molecule has 3 aliphatic heterocycles. The highest BCUT2D eigenvalue weighted by molar-refractivity contribution is 4.95. The lowest BCUT2D eigenvalue weighted by atomic mass is 9.95. The van der Waals surface area contributed by atoms with Gasteiger partial charge in [-0.1, -0.05) is 0 Å². The largest absolute Gasteiger partial charge is 0.394 e. The first-order chi connectivity index (χ1) is 16.0. The van der Waals surface area contributed by atoms with E-state index in [1.54, 1.807) is 0 Å². The van der Waals surface area contributed by atoms with Gasteiger partial charge in [0.15, 0.2) is 12.6 Å². The Bertz CT molecular complexity index is 637. The van der Waals surface area contributed by atoms with Gasteiger partial charge in [0, 0.05) is 0 Å². The molecule has 3 fully saturated rings. The average molecular weight is 502 g/mol. The summed E-state index contributed by atoms with van der Waals surface area (Å²) >= 11 is 0. The van der Waals surface area contributed by atoms with Crippen LogP contribution in [0.3, 0.4) is 0 Å². The highest BCUT2D eigenvalue weighted by atomic mass is 16.7. The van der Waals surface area contributed by atoms with Crippen LogP contribution in [0.15, 0.2) is 0 Å². The molecule has 0 saturated carbocycles. The van der Waals surface area contributed by atoms with Crippen LogP contribution in [0, 0.1) is 0 Å². The van der Waals surface area contributed by atoms with E-state index in [2.05, 4.69) is 0 Å². The Morgan fingerprint density at radius 2 is 1.09 bits per heavy atom. The van der Waals surface area contributed by atoms with Crippen molar-refractivity contribution < 1.29 is 74.7 Å². The van der Waals surface area contributed by atoms with Crippen molar-refractivity contribution in [3.63, 3.8) is 0 Å². The molecule has 3 heterocycles. The van der Waals surface area contributed by atoms with Crippen LogP contribution >= 0.6 is 0 Å². The molecule has 200 valence electrons. The van der Waals surface area contributed by atoms with Crippen molar-refractivity contribution in [2.75, 3.05) is 19.8 Å². The van der Waals surface area contributed by atoms with E-state index < -0.39 is 112 Å². The van der Waals surface area contributed by atoms with Gasteiger partial charge in [0.05, 0.1) is 25.9 Å². The fourth-order valence-electron chi connectivity index (χ4n) is 4.16. The summed E-state index contributed by atoms with van der Waals surface area (Å²) in [5.41, 5.74) is 0.